The monoisotopic (exact) mass is 314 g/mol. The van der Waals surface area contributed by atoms with Crippen LogP contribution in [0.25, 0.3) is 6.08 Å². The van der Waals surface area contributed by atoms with Gasteiger partial charge in [-0.15, -0.1) is 0 Å². The second kappa shape index (κ2) is 7.89. The average Bonchev–Trinajstić information content (AvgIpc) is 2.53. The molecule has 1 N–H and O–H groups in total. The van der Waals surface area contributed by atoms with Crippen molar-refractivity contribution in [1.82, 2.24) is 0 Å². The zero-order chi connectivity index (χ0) is 16.7. The number of rotatable bonds is 7. The van der Waals surface area contributed by atoms with Gasteiger partial charge in [0.15, 0.2) is 5.78 Å². The van der Waals surface area contributed by atoms with E-state index in [2.05, 4.69) is 0 Å². The molecule has 2 rings (SSSR count). The van der Waals surface area contributed by atoms with Crippen molar-refractivity contribution in [3.63, 3.8) is 0 Å². The van der Waals surface area contributed by atoms with Crippen LogP contribution in [-0.2, 0) is 4.79 Å². The van der Waals surface area contributed by atoms with E-state index in [0.29, 0.717) is 11.3 Å². The Labute approximate surface area is 132 Å². The summed E-state index contributed by atoms with van der Waals surface area (Å²) in [5, 5.41) is 8.56. The van der Waals surface area contributed by atoms with Crippen molar-refractivity contribution in [2.24, 2.45) is 0 Å². The SMILES string of the molecule is O=C(O)CCOc1cccc(/C=C/C(=O)c2ccc(F)cc2)c1. The first-order valence-corrected chi connectivity index (χ1v) is 6.97. The largest absolute Gasteiger partial charge is 0.493 e. The maximum atomic E-state index is 12.8. The molecule has 2 aromatic carbocycles. The van der Waals surface area contributed by atoms with Crippen molar-refractivity contribution >= 4 is 17.8 Å². The van der Waals surface area contributed by atoms with Crippen LogP contribution in [0.4, 0.5) is 4.39 Å². The minimum Gasteiger partial charge on any atom is -0.493 e. The van der Waals surface area contributed by atoms with Crippen LogP contribution >= 0.6 is 0 Å². The molecule has 5 heteroatoms. The van der Waals surface area contributed by atoms with E-state index in [1.54, 1.807) is 30.3 Å². The van der Waals surface area contributed by atoms with E-state index in [9.17, 15) is 14.0 Å². The number of aliphatic carboxylic acids is 1. The zero-order valence-corrected chi connectivity index (χ0v) is 12.2. The Morgan fingerprint density at radius 2 is 1.87 bits per heavy atom. The highest BCUT2D eigenvalue weighted by molar-refractivity contribution is 6.06. The van der Waals surface area contributed by atoms with E-state index in [4.69, 9.17) is 9.84 Å². The molecule has 23 heavy (non-hydrogen) atoms. The molecule has 0 aliphatic rings. The topological polar surface area (TPSA) is 63.6 Å². The molecule has 0 aliphatic carbocycles. The summed E-state index contributed by atoms with van der Waals surface area (Å²) in [5.74, 6) is -1.02. The Kier molecular flexibility index (Phi) is 5.63. The Morgan fingerprint density at radius 3 is 2.57 bits per heavy atom. The standard InChI is InChI=1S/C18H15FO4/c19-15-7-5-14(6-8-15)17(20)9-4-13-2-1-3-16(12-13)23-11-10-18(21)22/h1-9,12H,10-11H2,(H,21,22)/b9-4+. The number of ether oxygens (including phenoxy) is 1. The van der Waals surface area contributed by atoms with Gasteiger partial charge in [0.25, 0.3) is 0 Å². The molecule has 118 valence electrons. The maximum absolute atomic E-state index is 12.8. The van der Waals surface area contributed by atoms with E-state index >= 15 is 0 Å². The molecule has 0 spiro atoms. The number of ketones is 1. The van der Waals surface area contributed by atoms with E-state index in [0.717, 1.165) is 5.56 Å². The second-order valence-corrected chi connectivity index (χ2v) is 4.77. The lowest BCUT2D eigenvalue weighted by atomic mass is 10.1. The molecular formula is C18H15FO4. The summed E-state index contributed by atoms with van der Waals surface area (Å²) in [6, 6.07) is 12.3. The number of allylic oxidation sites excluding steroid dienone is 1. The quantitative estimate of drug-likeness (QED) is 0.627. The summed E-state index contributed by atoms with van der Waals surface area (Å²) in [7, 11) is 0. The number of benzene rings is 2. The van der Waals surface area contributed by atoms with Gasteiger partial charge < -0.3 is 9.84 Å². The highest BCUT2D eigenvalue weighted by Gasteiger charge is 2.02. The number of hydrogen-bond acceptors (Lipinski definition) is 3. The Balaban J connectivity index is 2.00. The summed E-state index contributed by atoms with van der Waals surface area (Å²) >= 11 is 0. The molecule has 0 amide bonds. The van der Waals surface area contributed by atoms with Gasteiger partial charge in [-0.05, 0) is 48.0 Å². The smallest absolute Gasteiger partial charge is 0.306 e. The molecule has 2 aromatic rings. The van der Waals surface area contributed by atoms with Gasteiger partial charge in [0, 0.05) is 5.56 Å². The summed E-state index contributed by atoms with van der Waals surface area (Å²) in [6.45, 7) is 0.0804. The van der Waals surface area contributed by atoms with Gasteiger partial charge >= 0.3 is 5.97 Å². The number of carboxylic acids is 1. The van der Waals surface area contributed by atoms with Crippen LogP contribution in [0.5, 0.6) is 5.75 Å². The fourth-order valence-corrected chi connectivity index (χ4v) is 1.85. The van der Waals surface area contributed by atoms with Gasteiger partial charge in [-0.1, -0.05) is 18.2 Å². The van der Waals surface area contributed by atoms with Gasteiger partial charge in [-0.25, -0.2) is 4.39 Å². The number of halogens is 1. The lowest BCUT2D eigenvalue weighted by Crippen LogP contribution is -2.04. The molecule has 0 saturated carbocycles. The van der Waals surface area contributed by atoms with Gasteiger partial charge in [0.1, 0.15) is 11.6 Å². The van der Waals surface area contributed by atoms with Crippen LogP contribution in [0.15, 0.2) is 54.6 Å². The van der Waals surface area contributed by atoms with Crippen molar-refractivity contribution in [2.75, 3.05) is 6.61 Å². The van der Waals surface area contributed by atoms with Crippen molar-refractivity contribution < 1.29 is 23.8 Å². The minimum atomic E-state index is -0.925. The highest BCUT2D eigenvalue weighted by atomic mass is 19.1. The molecule has 4 nitrogen and oxygen atoms in total. The van der Waals surface area contributed by atoms with Gasteiger partial charge in [0.05, 0.1) is 13.0 Å². The van der Waals surface area contributed by atoms with E-state index < -0.39 is 11.8 Å². The minimum absolute atomic E-state index is 0.0802. The first kappa shape index (κ1) is 16.4. The molecule has 0 atom stereocenters. The Hall–Kier alpha value is -2.95. The summed E-state index contributed by atoms with van der Waals surface area (Å²) < 4.78 is 18.1. The van der Waals surface area contributed by atoms with Gasteiger partial charge in [-0.3, -0.25) is 9.59 Å². The predicted molar refractivity (Wildman–Crippen MR) is 84.0 cm³/mol. The number of carbonyl (C=O) groups excluding carboxylic acids is 1. The lowest BCUT2D eigenvalue weighted by molar-refractivity contribution is -0.137. The van der Waals surface area contributed by atoms with Crippen molar-refractivity contribution in [2.45, 2.75) is 6.42 Å². The molecule has 0 saturated heterocycles. The fraction of sp³-hybridized carbons (Fsp3) is 0.111. The Bertz CT molecular complexity index is 720. The van der Waals surface area contributed by atoms with Crippen molar-refractivity contribution in [3.05, 3.63) is 71.6 Å². The molecule has 0 unspecified atom stereocenters. The second-order valence-electron chi connectivity index (χ2n) is 4.77. The van der Waals surface area contributed by atoms with E-state index in [1.165, 1.54) is 30.3 Å². The molecule has 0 aliphatic heterocycles. The summed E-state index contributed by atoms with van der Waals surface area (Å²) in [6.07, 6.45) is 2.93. The first-order valence-electron chi connectivity index (χ1n) is 6.97. The van der Waals surface area contributed by atoms with Crippen molar-refractivity contribution in [3.8, 4) is 5.75 Å². The maximum Gasteiger partial charge on any atom is 0.306 e. The average molecular weight is 314 g/mol. The zero-order valence-electron chi connectivity index (χ0n) is 12.2. The molecule has 0 bridgehead atoms. The third kappa shape index (κ3) is 5.39. The molecular weight excluding hydrogens is 299 g/mol. The van der Waals surface area contributed by atoms with Crippen LogP contribution in [-0.4, -0.2) is 23.5 Å². The van der Waals surface area contributed by atoms with E-state index in [-0.39, 0.29) is 18.8 Å². The molecule has 0 aromatic heterocycles. The normalized spacial score (nSPS) is 10.7. The number of hydrogen-bond donors (Lipinski definition) is 1. The van der Waals surface area contributed by atoms with Gasteiger partial charge in [0.2, 0.25) is 0 Å². The molecule has 0 fully saturated rings. The van der Waals surface area contributed by atoms with Gasteiger partial charge in [-0.2, -0.15) is 0 Å². The predicted octanol–water partition coefficient (Wildman–Crippen LogP) is 3.58. The summed E-state index contributed by atoms with van der Waals surface area (Å²) in [5.41, 5.74) is 1.14. The van der Waals surface area contributed by atoms with Crippen molar-refractivity contribution in [1.29, 1.82) is 0 Å². The first-order chi connectivity index (χ1) is 11.0. The van der Waals surface area contributed by atoms with Crippen LogP contribution in [0.1, 0.15) is 22.3 Å². The lowest BCUT2D eigenvalue weighted by Gasteiger charge is -2.05. The number of carboxylic acid groups (broad SMARTS) is 1. The highest BCUT2D eigenvalue weighted by Crippen LogP contribution is 2.15. The number of carbonyl (C=O) groups is 2. The fourth-order valence-electron chi connectivity index (χ4n) is 1.85. The van der Waals surface area contributed by atoms with Crippen LogP contribution in [0.2, 0.25) is 0 Å². The third-order valence-electron chi connectivity index (χ3n) is 3.00. The molecule has 0 heterocycles. The van der Waals surface area contributed by atoms with Crippen LogP contribution in [0.3, 0.4) is 0 Å². The van der Waals surface area contributed by atoms with E-state index in [1.807, 2.05) is 0 Å². The van der Waals surface area contributed by atoms with Crippen LogP contribution in [0, 0.1) is 5.82 Å². The summed E-state index contributed by atoms with van der Waals surface area (Å²) in [4.78, 5) is 22.4. The Morgan fingerprint density at radius 1 is 1.13 bits per heavy atom. The third-order valence-corrected chi connectivity index (χ3v) is 3.00. The molecule has 0 radical (unpaired) electrons. The van der Waals surface area contributed by atoms with Crippen LogP contribution < -0.4 is 4.74 Å².